The molecule has 4 nitrogen and oxygen atoms in total. The summed E-state index contributed by atoms with van der Waals surface area (Å²) in [6, 6.07) is 3.80. The van der Waals surface area contributed by atoms with Gasteiger partial charge < -0.3 is 0 Å². The maximum atomic E-state index is 12.5. The summed E-state index contributed by atoms with van der Waals surface area (Å²) >= 11 is 8.32. The van der Waals surface area contributed by atoms with Gasteiger partial charge in [-0.25, -0.2) is 18.1 Å². The van der Waals surface area contributed by atoms with E-state index in [9.17, 15) is 8.42 Å². The summed E-state index contributed by atoms with van der Waals surface area (Å²) in [4.78, 5) is 4.89. The molecule has 1 aliphatic carbocycles. The largest absolute Gasteiger partial charge is 0.252 e. The van der Waals surface area contributed by atoms with E-state index in [2.05, 4.69) is 9.71 Å². The summed E-state index contributed by atoms with van der Waals surface area (Å²) < 4.78 is 28.3. The number of aromatic nitrogens is 1. The number of hydrogen-bond acceptors (Lipinski definition) is 5. The van der Waals surface area contributed by atoms with Crippen molar-refractivity contribution in [3.63, 3.8) is 0 Å². The summed E-state index contributed by atoms with van der Waals surface area (Å²) in [7, 11) is -3.57. The van der Waals surface area contributed by atoms with Crippen molar-refractivity contribution in [1.29, 1.82) is 0 Å². The Morgan fingerprint density at radius 2 is 2.14 bits per heavy atom. The molecule has 3 rings (SSSR count). The van der Waals surface area contributed by atoms with Crippen LogP contribution < -0.4 is 4.72 Å². The summed E-state index contributed by atoms with van der Waals surface area (Å²) in [5.74, 6) is 0.363. The van der Waals surface area contributed by atoms with Crippen LogP contribution in [0.5, 0.6) is 0 Å². The molecule has 2 aromatic heterocycles. The van der Waals surface area contributed by atoms with E-state index >= 15 is 0 Å². The van der Waals surface area contributed by atoms with Gasteiger partial charge >= 0.3 is 0 Å². The van der Waals surface area contributed by atoms with Gasteiger partial charge in [0.1, 0.15) is 0 Å². The van der Waals surface area contributed by atoms with Crippen molar-refractivity contribution in [2.75, 3.05) is 0 Å². The van der Waals surface area contributed by atoms with Crippen LogP contribution >= 0.6 is 34.3 Å². The van der Waals surface area contributed by atoms with Crippen LogP contribution in [0.25, 0.3) is 0 Å². The smallest absolute Gasteiger partial charge is 0.232 e. The number of thiazole rings is 1. The lowest BCUT2D eigenvalue weighted by Crippen LogP contribution is -2.31. The Morgan fingerprint density at radius 1 is 1.38 bits per heavy atom. The minimum atomic E-state index is -3.57. The molecule has 0 aliphatic heterocycles. The zero-order chi connectivity index (χ0) is 14.9. The molecule has 0 radical (unpaired) electrons. The fourth-order valence-corrected chi connectivity index (χ4v) is 6.27. The van der Waals surface area contributed by atoms with Crippen molar-refractivity contribution in [1.82, 2.24) is 9.71 Å². The Morgan fingerprint density at radius 3 is 2.71 bits per heavy atom. The molecule has 1 saturated carbocycles. The standard InChI is InChI=1S/C13H15ClN2O2S3/c14-13-15-8-11(20-13)21(17,18)16-12(9-4-1-2-5-9)10-6-3-7-19-10/h3,6-9,12,16H,1-2,4-5H2. The third kappa shape index (κ3) is 3.48. The first-order chi connectivity index (χ1) is 10.1. The predicted octanol–water partition coefficient (Wildman–Crippen LogP) is 4.07. The second-order valence-electron chi connectivity index (χ2n) is 5.09. The van der Waals surface area contributed by atoms with Crippen LogP contribution in [-0.2, 0) is 10.0 Å². The van der Waals surface area contributed by atoms with Gasteiger partial charge in [-0.15, -0.1) is 11.3 Å². The van der Waals surface area contributed by atoms with Gasteiger partial charge in [0.25, 0.3) is 10.0 Å². The van der Waals surface area contributed by atoms with Gasteiger partial charge in [-0.2, -0.15) is 0 Å². The van der Waals surface area contributed by atoms with Crippen molar-refractivity contribution in [3.05, 3.63) is 33.1 Å². The van der Waals surface area contributed by atoms with E-state index in [1.165, 1.54) is 19.0 Å². The molecule has 1 aliphatic rings. The molecular formula is C13H15ClN2O2S3. The highest BCUT2D eigenvalue weighted by Gasteiger charge is 2.31. The number of nitrogens with one attached hydrogen (secondary N) is 1. The number of sulfonamides is 1. The molecule has 2 aromatic rings. The van der Waals surface area contributed by atoms with Gasteiger partial charge in [-0.05, 0) is 30.2 Å². The van der Waals surface area contributed by atoms with Gasteiger partial charge in [0.15, 0.2) is 8.68 Å². The summed E-state index contributed by atoms with van der Waals surface area (Å²) in [5.41, 5.74) is 0. The Balaban J connectivity index is 1.87. The Kier molecular flexibility index (Phi) is 4.66. The van der Waals surface area contributed by atoms with E-state index in [1.54, 1.807) is 11.3 Å². The van der Waals surface area contributed by atoms with E-state index in [-0.39, 0.29) is 14.7 Å². The molecule has 0 amide bonds. The minimum Gasteiger partial charge on any atom is -0.232 e. The number of rotatable bonds is 5. The normalized spacial score (nSPS) is 18.1. The van der Waals surface area contributed by atoms with Crippen LogP contribution in [0.2, 0.25) is 4.47 Å². The first-order valence-corrected chi connectivity index (χ1v) is 10.3. The highest BCUT2D eigenvalue weighted by atomic mass is 35.5. The number of halogens is 1. The van der Waals surface area contributed by atoms with Gasteiger partial charge in [-0.3, -0.25) is 0 Å². The molecule has 114 valence electrons. The molecule has 0 bridgehead atoms. The predicted molar refractivity (Wildman–Crippen MR) is 86.5 cm³/mol. The molecule has 8 heteroatoms. The molecule has 0 spiro atoms. The quantitative estimate of drug-likeness (QED) is 0.872. The first-order valence-electron chi connectivity index (χ1n) is 6.73. The minimum absolute atomic E-state index is 0.154. The molecule has 2 heterocycles. The highest BCUT2D eigenvalue weighted by molar-refractivity contribution is 7.91. The van der Waals surface area contributed by atoms with E-state index in [1.807, 2.05) is 17.5 Å². The SMILES string of the molecule is O=S(=O)(NC(c1cccs1)C1CCCC1)c1cnc(Cl)s1. The number of nitrogens with zero attached hydrogens (tertiary/aromatic N) is 1. The van der Waals surface area contributed by atoms with Gasteiger partial charge in [0.05, 0.1) is 12.2 Å². The maximum absolute atomic E-state index is 12.5. The lowest BCUT2D eigenvalue weighted by atomic mass is 9.98. The maximum Gasteiger partial charge on any atom is 0.252 e. The zero-order valence-corrected chi connectivity index (χ0v) is 14.4. The number of thiophene rings is 1. The lowest BCUT2D eigenvalue weighted by molar-refractivity contribution is 0.416. The van der Waals surface area contributed by atoms with Crippen LogP contribution in [0.15, 0.2) is 27.9 Å². The van der Waals surface area contributed by atoms with Crippen molar-refractivity contribution in [2.45, 2.75) is 35.9 Å². The molecular weight excluding hydrogens is 348 g/mol. The summed E-state index contributed by atoms with van der Waals surface area (Å²) in [6.45, 7) is 0. The molecule has 0 saturated heterocycles. The second kappa shape index (κ2) is 6.34. The number of hydrogen-bond donors (Lipinski definition) is 1. The second-order valence-corrected chi connectivity index (χ2v) is 9.62. The van der Waals surface area contributed by atoms with E-state index in [4.69, 9.17) is 11.6 Å². The molecule has 1 fully saturated rings. The van der Waals surface area contributed by atoms with Crippen LogP contribution in [-0.4, -0.2) is 13.4 Å². The highest BCUT2D eigenvalue weighted by Crippen LogP contribution is 2.38. The van der Waals surface area contributed by atoms with Crippen LogP contribution in [0.4, 0.5) is 0 Å². The van der Waals surface area contributed by atoms with Crippen molar-refractivity contribution in [2.24, 2.45) is 5.92 Å². The van der Waals surface area contributed by atoms with Crippen LogP contribution in [0.3, 0.4) is 0 Å². The van der Waals surface area contributed by atoms with Crippen molar-refractivity contribution < 1.29 is 8.42 Å². The molecule has 1 atom stereocenters. The fourth-order valence-electron chi connectivity index (χ4n) is 2.73. The Bertz CT molecular complexity index is 691. The van der Waals surface area contributed by atoms with Crippen LogP contribution in [0, 0.1) is 5.92 Å². The first kappa shape index (κ1) is 15.4. The third-order valence-electron chi connectivity index (χ3n) is 3.72. The Hall–Kier alpha value is -0.470. The van der Waals surface area contributed by atoms with Crippen molar-refractivity contribution >= 4 is 44.3 Å². The summed E-state index contributed by atoms with van der Waals surface area (Å²) in [6.07, 6.45) is 5.78. The lowest BCUT2D eigenvalue weighted by Gasteiger charge is -2.23. The van der Waals surface area contributed by atoms with E-state index in [0.29, 0.717) is 5.92 Å². The average Bonchev–Trinajstić information content (AvgIpc) is 3.18. The molecule has 0 aromatic carbocycles. The Labute approximate surface area is 137 Å². The topological polar surface area (TPSA) is 59.1 Å². The van der Waals surface area contributed by atoms with Gasteiger partial charge in [0, 0.05) is 4.88 Å². The third-order valence-corrected chi connectivity index (χ3v) is 7.70. The van der Waals surface area contributed by atoms with Gasteiger partial charge in [-0.1, -0.05) is 41.8 Å². The van der Waals surface area contributed by atoms with E-state index in [0.717, 1.165) is 29.1 Å². The fraction of sp³-hybridized carbons (Fsp3) is 0.462. The van der Waals surface area contributed by atoms with Gasteiger partial charge in [0.2, 0.25) is 0 Å². The molecule has 1 unspecified atom stereocenters. The zero-order valence-electron chi connectivity index (χ0n) is 11.2. The summed E-state index contributed by atoms with van der Waals surface area (Å²) in [5, 5.41) is 1.98. The van der Waals surface area contributed by atoms with Crippen molar-refractivity contribution in [3.8, 4) is 0 Å². The monoisotopic (exact) mass is 362 g/mol. The molecule has 1 N–H and O–H groups in total. The van der Waals surface area contributed by atoms with E-state index < -0.39 is 10.0 Å². The molecule has 21 heavy (non-hydrogen) atoms. The van der Waals surface area contributed by atoms with Crippen LogP contribution in [0.1, 0.15) is 36.6 Å². The average molecular weight is 363 g/mol.